The first-order valence-electron chi connectivity index (χ1n) is 9.68. The number of β-amino-alcohol motifs (C(OH)–C–C–N with tert-alkyl or cyclic N) is 1. The fourth-order valence-electron chi connectivity index (χ4n) is 5.34. The molecule has 2 aliphatic heterocycles. The number of aromatic amines is 1. The maximum absolute atomic E-state index is 9.98. The average molecular weight is 353 g/mol. The van der Waals surface area contributed by atoms with Gasteiger partial charge in [0.05, 0.1) is 12.7 Å². The van der Waals surface area contributed by atoms with Crippen molar-refractivity contribution in [3.8, 4) is 0 Å². The number of nitrogens with one attached hydrogen (secondary N) is 1. The third-order valence-electron chi connectivity index (χ3n) is 6.53. The molecule has 0 saturated carbocycles. The summed E-state index contributed by atoms with van der Waals surface area (Å²) in [4.78, 5) is 8.17. The van der Waals surface area contributed by atoms with E-state index in [1.54, 1.807) is 0 Å². The van der Waals surface area contributed by atoms with E-state index < -0.39 is 0 Å². The van der Waals surface area contributed by atoms with Gasteiger partial charge in [0.2, 0.25) is 0 Å². The van der Waals surface area contributed by atoms with Crippen molar-refractivity contribution >= 4 is 16.5 Å². The zero-order chi connectivity index (χ0) is 17.8. The molecule has 2 aromatic rings. The molecule has 1 saturated heterocycles. The zero-order valence-corrected chi connectivity index (χ0v) is 15.2. The second kappa shape index (κ2) is 6.20. The first-order valence-corrected chi connectivity index (χ1v) is 9.68. The highest BCUT2D eigenvalue weighted by Gasteiger charge is 2.36. The Hall–Kier alpha value is -1.66. The smallest absolute Gasteiger partial charge is 0.0683 e. The third kappa shape index (κ3) is 2.54. The van der Waals surface area contributed by atoms with Gasteiger partial charge in [0.25, 0.3) is 0 Å². The molecule has 0 spiro atoms. The highest BCUT2D eigenvalue weighted by molar-refractivity contribution is 5.98. The van der Waals surface area contributed by atoms with Gasteiger partial charge in [-0.05, 0) is 42.7 Å². The minimum atomic E-state index is -0.306. The van der Waals surface area contributed by atoms with Gasteiger partial charge < -0.3 is 15.2 Å². The number of aliphatic hydroxyl groups is 2. The first kappa shape index (κ1) is 16.5. The van der Waals surface area contributed by atoms with E-state index in [0.29, 0.717) is 24.9 Å². The van der Waals surface area contributed by atoms with Gasteiger partial charge in [-0.25, -0.2) is 0 Å². The van der Waals surface area contributed by atoms with Gasteiger partial charge in [0.1, 0.15) is 0 Å². The standard InChI is InChI=1S/C21H27N3O2/c1-23-9-13(10-24-11-16(26)7-15(24)12-25)5-18-17-3-2-4-19-21(17)14(8-22-19)6-20(18)23/h2-5,8,13,15-16,20,22,25-26H,6-7,9-12H2,1H3/t13-,15+,16?,20-/m1/s1. The number of likely N-dealkylation sites (tertiary alicyclic amines) is 1. The third-order valence-corrected chi connectivity index (χ3v) is 6.53. The molecule has 1 aromatic carbocycles. The lowest BCUT2D eigenvalue weighted by atomic mass is 9.80. The molecule has 26 heavy (non-hydrogen) atoms. The van der Waals surface area contributed by atoms with Crippen LogP contribution in [-0.2, 0) is 6.42 Å². The fourth-order valence-corrected chi connectivity index (χ4v) is 5.34. The van der Waals surface area contributed by atoms with Crippen molar-refractivity contribution in [2.75, 3.05) is 33.3 Å². The number of aromatic nitrogens is 1. The van der Waals surface area contributed by atoms with E-state index in [0.717, 1.165) is 19.5 Å². The van der Waals surface area contributed by atoms with E-state index in [1.165, 1.54) is 27.6 Å². The number of fused-ring (bicyclic) bond motifs is 2. The molecule has 5 nitrogen and oxygen atoms in total. The van der Waals surface area contributed by atoms with E-state index >= 15 is 0 Å². The normalized spacial score (nSPS) is 32.0. The van der Waals surface area contributed by atoms with Crippen molar-refractivity contribution in [2.45, 2.75) is 31.0 Å². The maximum Gasteiger partial charge on any atom is 0.0683 e. The summed E-state index contributed by atoms with van der Waals surface area (Å²) in [7, 11) is 2.23. The number of hydrogen-bond acceptors (Lipinski definition) is 4. The van der Waals surface area contributed by atoms with Crippen LogP contribution < -0.4 is 0 Å². The van der Waals surface area contributed by atoms with Gasteiger partial charge in [0, 0.05) is 54.7 Å². The topological polar surface area (TPSA) is 62.7 Å². The number of likely N-dealkylation sites (N-methyl/N-ethyl adjacent to an activating group) is 1. The van der Waals surface area contributed by atoms with Crippen LogP contribution >= 0.6 is 0 Å². The molecule has 1 aliphatic carbocycles. The second-order valence-electron chi connectivity index (χ2n) is 8.26. The lowest BCUT2D eigenvalue weighted by Gasteiger charge is -2.41. The molecule has 0 bridgehead atoms. The van der Waals surface area contributed by atoms with E-state index in [4.69, 9.17) is 0 Å². The van der Waals surface area contributed by atoms with Crippen molar-refractivity contribution in [1.82, 2.24) is 14.8 Å². The lowest BCUT2D eigenvalue weighted by Crippen LogP contribution is -2.46. The van der Waals surface area contributed by atoms with E-state index in [2.05, 4.69) is 52.3 Å². The van der Waals surface area contributed by atoms with Crippen molar-refractivity contribution in [3.05, 3.63) is 41.6 Å². The summed E-state index contributed by atoms with van der Waals surface area (Å²) in [5, 5.41) is 21.0. The molecule has 0 amide bonds. The summed E-state index contributed by atoms with van der Waals surface area (Å²) in [6, 6.07) is 7.09. The lowest BCUT2D eigenvalue weighted by molar-refractivity contribution is 0.130. The molecular weight excluding hydrogens is 326 g/mol. The summed E-state index contributed by atoms with van der Waals surface area (Å²) in [5.41, 5.74) is 5.46. The Morgan fingerprint density at radius 1 is 1.27 bits per heavy atom. The van der Waals surface area contributed by atoms with Gasteiger partial charge in [-0.2, -0.15) is 0 Å². The van der Waals surface area contributed by atoms with Crippen molar-refractivity contribution in [1.29, 1.82) is 0 Å². The molecule has 0 radical (unpaired) electrons. The number of aliphatic hydroxyl groups excluding tert-OH is 2. The molecule has 1 fully saturated rings. The summed E-state index contributed by atoms with van der Waals surface area (Å²) < 4.78 is 0. The Kier molecular flexibility index (Phi) is 3.94. The average Bonchev–Trinajstić information content (AvgIpc) is 3.20. The predicted molar refractivity (Wildman–Crippen MR) is 103 cm³/mol. The minimum absolute atomic E-state index is 0.0949. The van der Waals surface area contributed by atoms with Gasteiger partial charge in [-0.3, -0.25) is 9.80 Å². The summed E-state index contributed by atoms with van der Waals surface area (Å²) in [6.45, 7) is 2.73. The Bertz CT molecular complexity index is 858. The number of benzene rings is 1. The highest BCUT2D eigenvalue weighted by Crippen LogP contribution is 2.41. The summed E-state index contributed by atoms with van der Waals surface area (Å²) in [5.74, 6) is 0.418. The molecule has 3 heterocycles. The highest BCUT2D eigenvalue weighted by atomic mass is 16.3. The van der Waals surface area contributed by atoms with Gasteiger partial charge in [-0.15, -0.1) is 0 Å². The maximum atomic E-state index is 9.98. The van der Waals surface area contributed by atoms with Crippen LogP contribution in [0.3, 0.4) is 0 Å². The van der Waals surface area contributed by atoms with Crippen molar-refractivity contribution < 1.29 is 10.2 Å². The molecule has 1 unspecified atom stereocenters. The van der Waals surface area contributed by atoms with Crippen molar-refractivity contribution in [3.63, 3.8) is 0 Å². The van der Waals surface area contributed by atoms with E-state index in [1.807, 2.05) is 0 Å². The molecule has 138 valence electrons. The molecule has 3 aliphatic rings. The van der Waals surface area contributed by atoms with Crippen LogP contribution in [0.15, 0.2) is 30.5 Å². The van der Waals surface area contributed by atoms with Crippen LogP contribution in [0.25, 0.3) is 16.5 Å². The largest absolute Gasteiger partial charge is 0.395 e. The monoisotopic (exact) mass is 353 g/mol. The van der Waals surface area contributed by atoms with Crippen LogP contribution in [-0.4, -0.2) is 76.5 Å². The van der Waals surface area contributed by atoms with Crippen LogP contribution in [0.2, 0.25) is 0 Å². The quantitative estimate of drug-likeness (QED) is 0.782. The fraction of sp³-hybridized carbons (Fsp3) is 0.524. The second-order valence-corrected chi connectivity index (χ2v) is 8.26. The Balaban J connectivity index is 1.49. The molecule has 1 aromatic heterocycles. The minimum Gasteiger partial charge on any atom is -0.395 e. The number of H-pyrrole nitrogens is 1. The van der Waals surface area contributed by atoms with Crippen LogP contribution in [0.4, 0.5) is 0 Å². The number of hydrogen-bond donors (Lipinski definition) is 3. The van der Waals surface area contributed by atoms with Crippen LogP contribution in [0, 0.1) is 5.92 Å². The van der Waals surface area contributed by atoms with Crippen LogP contribution in [0.5, 0.6) is 0 Å². The van der Waals surface area contributed by atoms with Crippen LogP contribution in [0.1, 0.15) is 17.5 Å². The van der Waals surface area contributed by atoms with Gasteiger partial charge in [-0.1, -0.05) is 18.2 Å². The molecule has 4 atom stereocenters. The molecule has 5 heteroatoms. The van der Waals surface area contributed by atoms with E-state index in [9.17, 15) is 10.2 Å². The molecular formula is C21H27N3O2. The van der Waals surface area contributed by atoms with Crippen molar-refractivity contribution in [2.24, 2.45) is 5.92 Å². The Labute approximate surface area is 153 Å². The SMILES string of the molecule is CN1C[C@H](CN2CC(O)C[C@H]2CO)C=C2c3cccc4[nH]cc(c34)C[C@H]21. The number of rotatable bonds is 3. The predicted octanol–water partition coefficient (Wildman–Crippen LogP) is 1.47. The zero-order valence-electron chi connectivity index (χ0n) is 15.2. The Morgan fingerprint density at radius 3 is 3.00 bits per heavy atom. The Morgan fingerprint density at radius 2 is 2.15 bits per heavy atom. The first-order chi connectivity index (χ1) is 12.6. The van der Waals surface area contributed by atoms with Gasteiger partial charge in [0.15, 0.2) is 0 Å². The summed E-state index contributed by atoms with van der Waals surface area (Å²) >= 11 is 0. The summed E-state index contributed by atoms with van der Waals surface area (Å²) in [6.07, 6.45) is 6.08. The van der Waals surface area contributed by atoms with E-state index in [-0.39, 0.29) is 18.8 Å². The molecule has 3 N–H and O–H groups in total. The van der Waals surface area contributed by atoms with Gasteiger partial charge >= 0.3 is 0 Å². The number of nitrogens with zero attached hydrogens (tertiary/aromatic N) is 2. The molecule has 5 rings (SSSR count).